The Balaban J connectivity index is 0.743. The molecule has 1 atom stereocenters. The SMILES string of the molecule is CN(CCCCCCCCCc1cccc2c1C(=O)N(C1CCC(=O)NC1=O)C2=O)Cc1ccc(-n2cc(NC(=O)c3coc(-c4ccnc(NCC5CC5)c4)n3)c(C(N)=O)n2)cc1. The molecule has 2 fully saturated rings. The molecule has 1 saturated heterocycles. The summed E-state index contributed by atoms with van der Waals surface area (Å²) in [4.78, 5) is 88.1. The Morgan fingerprint density at radius 3 is 2.45 bits per heavy atom. The molecule has 1 unspecified atom stereocenters. The Kier molecular flexibility index (Phi) is 13.3. The van der Waals surface area contributed by atoms with E-state index in [-0.39, 0.29) is 35.8 Å². The largest absolute Gasteiger partial charge is 0.444 e. The zero-order valence-electron chi connectivity index (χ0n) is 35.8. The average Bonchev–Trinajstić information content (AvgIpc) is 3.69. The van der Waals surface area contributed by atoms with Crippen molar-refractivity contribution in [3.63, 3.8) is 0 Å². The van der Waals surface area contributed by atoms with Gasteiger partial charge in [-0.05, 0) is 99.5 Å². The van der Waals surface area contributed by atoms with Gasteiger partial charge >= 0.3 is 0 Å². The quantitative estimate of drug-likeness (QED) is 0.0499. The normalized spacial score (nSPS) is 16.0. The molecule has 6 amide bonds. The Morgan fingerprint density at radius 2 is 1.70 bits per heavy atom. The fourth-order valence-corrected chi connectivity index (χ4v) is 8.23. The summed E-state index contributed by atoms with van der Waals surface area (Å²) in [5.41, 5.74) is 9.74. The number of aryl methyl sites for hydroxylation is 1. The van der Waals surface area contributed by atoms with Crippen LogP contribution in [0.2, 0.25) is 0 Å². The summed E-state index contributed by atoms with van der Waals surface area (Å²) < 4.78 is 7.11. The molecule has 64 heavy (non-hydrogen) atoms. The van der Waals surface area contributed by atoms with E-state index in [9.17, 15) is 28.8 Å². The van der Waals surface area contributed by atoms with Crippen molar-refractivity contribution >= 4 is 46.9 Å². The zero-order chi connectivity index (χ0) is 44.7. The summed E-state index contributed by atoms with van der Waals surface area (Å²) in [6.45, 7) is 2.56. The predicted octanol–water partition coefficient (Wildman–Crippen LogP) is 5.90. The molecule has 0 radical (unpaired) electrons. The number of hydrogen-bond donors (Lipinski definition) is 4. The van der Waals surface area contributed by atoms with E-state index in [4.69, 9.17) is 10.2 Å². The topological polar surface area (TPSA) is 228 Å². The van der Waals surface area contributed by atoms with Gasteiger partial charge in [-0.1, -0.05) is 56.4 Å². The van der Waals surface area contributed by atoms with Crippen LogP contribution in [0.1, 0.15) is 123 Å². The van der Waals surface area contributed by atoms with E-state index < -0.39 is 41.5 Å². The number of amides is 6. The number of hydrogen-bond acceptors (Lipinski definition) is 12. The third-order valence-corrected chi connectivity index (χ3v) is 11.9. The zero-order valence-corrected chi connectivity index (χ0v) is 35.8. The molecule has 3 aliphatic rings. The molecule has 1 saturated carbocycles. The number of carbonyl (C=O) groups is 6. The van der Waals surface area contributed by atoms with Crippen molar-refractivity contribution in [1.29, 1.82) is 0 Å². The highest BCUT2D eigenvalue weighted by Gasteiger charge is 2.45. The number of carbonyl (C=O) groups excluding carboxylic acids is 6. The monoisotopic (exact) mass is 868 g/mol. The molecule has 3 aromatic heterocycles. The van der Waals surface area contributed by atoms with Crippen LogP contribution in [-0.2, 0) is 22.6 Å². The maximum Gasteiger partial charge on any atom is 0.277 e. The highest BCUT2D eigenvalue weighted by Crippen LogP contribution is 2.32. The molecule has 2 aliphatic heterocycles. The third-order valence-electron chi connectivity index (χ3n) is 11.9. The first-order valence-corrected chi connectivity index (χ1v) is 22.0. The summed E-state index contributed by atoms with van der Waals surface area (Å²) in [6.07, 6.45) is 15.2. The minimum absolute atomic E-state index is 0.0274. The van der Waals surface area contributed by atoms with Gasteiger partial charge in [-0.25, -0.2) is 14.6 Å². The van der Waals surface area contributed by atoms with Crippen LogP contribution in [0.5, 0.6) is 0 Å². The first-order valence-electron chi connectivity index (χ1n) is 22.0. The Labute approximate surface area is 370 Å². The first kappa shape index (κ1) is 43.6. The lowest BCUT2D eigenvalue weighted by Gasteiger charge is -2.27. The van der Waals surface area contributed by atoms with E-state index in [0.717, 1.165) is 80.6 Å². The van der Waals surface area contributed by atoms with Gasteiger partial charge in [-0.15, -0.1) is 0 Å². The number of anilines is 2. The highest BCUT2D eigenvalue weighted by molar-refractivity contribution is 6.24. The lowest BCUT2D eigenvalue weighted by atomic mass is 9.97. The van der Waals surface area contributed by atoms with Crippen molar-refractivity contribution in [1.82, 2.24) is 34.9 Å². The molecule has 1 aliphatic carbocycles. The molecule has 2 aromatic carbocycles. The van der Waals surface area contributed by atoms with Crippen molar-refractivity contribution in [2.24, 2.45) is 11.7 Å². The lowest BCUT2D eigenvalue weighted by Crippen LogP contribution is -2.54. The lowest BCUT2D eigenvalue weighted by molar-refractivity contribution is -0.136. The number of benzene rings is 2. The van der Waals surface area contributed by atoms with E-state index in [1.54, 1.807) is 30.6 Å². The number of rotatable bonds is 21. The number of nitrogens with two attached hydrogens (primary N) is 1. The second-order valence-electron chi connectivity index (χ2n) is 16.9. The van der Waals surface area contributed by atoms with Crippen LogP contribution in [0.4, 0.5) is 11.5 Å². The van der Waals surface area contributed by atoms with Gasteiger partial charge in [0.1, 0.15) is 18.1 Å². The third kappa shape index (κ3) is 10.3. The van der Waals surface area contributed by atoms with Gasteiger partial charge in [0.2, 0.25) is 17.7 Å². The fourth-order valence-electron chi connectivity index (χ4n) is 8.23. The summed E-state index contributed by atoms with van der Waals surface area (Å²) in [6, 6.07) is 15.7. The molecule has 5 heterocycles. The van der Waals surface area contributed by atoms with Crippen LogP contribution < -0.4 is 21.7 Å². The molecule has 0 spiro atoms. The van der Waals surface area contributed by atoms with Crippen molar-refractivity contribution in [2.75, 3.05) is 30.8 Å². The van der Waals surface area contributed by atoms with Crippen LogP contribution in [0.3, 0.4) is 0 Å². The van der Waals surface area contributed by atoms with Crippen LogP contribution in [0.15, 0.2) is 77.7 Å². The van der Waals surface area contributed by atoms with Crippen LogP contribution in [-0.4, -0.2) is 91.2 Å². The van der Waals surface area contributed by atoms with E-state index >= 15 is 0 Å². The summed E-state index contributed by atoms with van der Waals surface area (Å²) in [7, 11) is 2.09. The maximum absolute atomic E-state index is 13.4. The number of imide groups is 2. The minimum atomic E-state index is -0.965. The maximum atomic E-state index is 13.4. The minimum Gasteiger partial charge on any atom is -0.444 e. The van der Waals surface area contributed by atoms with Crippen LogP contribution in [0, 0.1) is 5.92 Å². The van der Waals surface area contributed by atoms with Crippen molar-refractivity contribution < 1.29 is 33.2 Å². The number of fused-ring (bicyclic) bond motifs is 1. The van der Waals surface area contributed by atoms with Gasteiger partial charge in [-0.2, -0.15) is 5.10 Å². The van der Waals surface area contributed by atoms with E-state index in [1.165, 1.54) is 23.8 Å². The van der Waals surface area contributed by atoms with E-state index in [0.29, 0.717) is 40.5 Å². The number of pyridine rings is 1. The van der Waals surface area contributed by atoms with Gasteiger partial charge in [0, 0.05) is 31.3 Å². The van der Waals surface area contributed by atoms with Crippen LogP contribution in [0.25, 0.3) is 17.1 Å². The molecule has 5 aromatic rings. The molecule has 332 valence electrons. The molecule has 17 nitrogen and oxygen atoms in total. The number of oxazole rings is 1. The second kappa shape index (κ2) is 19.6. The van der Waals surface area contributed by atoms with Gasteiger partial charge in [0.25, 0.3) is 23.6 Å². The number of piperidine rings is 1. The van der Waals surface area contributed by atoms with Gasteiger partial charge in [0.15, 0.2) is 11.4 Å². The van der Waals surface area contributed by atoms with Gasteiger partial charge < -0.3 is 25.7 Å². The highest BCUT2D eigenvalue weighted by atomic mass is 16.3. The molecule has 0 bridgehead atoms. The van der Waals surface area contributed by atoms with Gasteiger partial charge in [-0.3, -0.25) is 39.0 Å². The standard InChI is InChI=1S/C47H52N10O7/c1-55(23-8-6-4-2-3-5-7-10-31-11-9-12-34-40(31)47(63)57(46(34)62)37-19-20-39(58)53-44(37)61)26-30-15-17-33(18-16-30)56-27-35(41(54-56)42(48)59)51-43(60)36-28-64-45(52-36)32-21-22-49-38(24-32)50-25-29-13-14-29/h9,11-12,15-18,21-22,24,27-29,37H,2-8,10,13-14,19-20,23,25-26H2,1H3,(H2,48,59)(H,49,50)(H,51,60)(H,53,58,61). The number of unbranched alkanes of at least 4 members (excludes halogenated alkanes) is 6. The summed E-state index contributed by atoms with van der Waals surface area (Å²) in [5.74, 6) is -1.64. The molecular weight excluding hydrogens is 817 g/mol. The summed E-state index contributed by atoms with van der Waals surface area (Å²) in [5, 5.41) is 12.6. The fraction of sp³-hybridized carbons (Fsp3) is 0.383. The molecule has 8 rings (SSSR count). The Hall–Kier alpha value is -7.01. The van der Waals surface area contributed by atoms with Crippen molar-refractivity contribution in [2.45, 2.75) is 89.6 Å². The number of aromatic nitrogens is 4. The second-order valence-corrected chi connectivity index (χ2v) is 16.9. The molecule has 17 heteroatoms. The van der Waals surface area contributed by atoms with Crippen molar-refractivity contribution in [3.05, 3.63) is 107 Å². The van der Waals surface area contributed by atoms with E-state index in [2.05, 4.69) is 43.0 Å². The predicted molar refractivity (Wildman–Crippen MR) is 236 cm³/mol. The van der Waals surface area contributed by atoms with Gasteiger partial charge in [0.05, 0.1) is 28.7 Å². The van der Waals surface area contributed by atoms with Crippen LogP contribution >= 0.6 is 0 Å². The smallest absolute Gasteiger partial charge is 0.277 e. The number of primary amides is 1. The molecule has 5 N–H and O–H groups in total. The Morgan fingerprint density at radius 1 is 0.938 bits per heavy atom. The average molecular weight is 869 g/mol. The Bertz CT molecular complexity index is 2560. The van der Waals surface area contributed by atoms with E-state index in [1.807, 2.05) is 36.4 Å². The first-order chi connectivity index (χ1) is 31.0. The summed E-state index contributed by atoms with van der Waals surface area (Å²) >= 11 is 0. The van der Waals surface area contributed by atoms with Crippen molar-refractivity contribution in [3.8, 4) is 17.1 Å². The molecular formula is C47H52N10O7. The number of nitrogens with zero attached hydrogens (tertiary/aromatic N) is 6. The number of nitrogens with one attached hydrogen (secondary N) is 3.